The van der Waals surface area contributed by atoms with Crippen molar-refractivity contribution in [1.82, 2.24) is 5.32 Å². The summed E-state index contributed by atoms with van der Waals surface area (Å²) in [4.78, 5) is 26.2. The summed E-state index contributed by atoms with van der Waals surface area (Å²) in [6, 6.07) is 6.40. The normalized spacial score (nSPS) is 16.6. The van der Waals surface area contributed by atoms with Gasteiger partial charge in [0.15, 0.2) is 9.78 Å². The molecule has 3 rings (SSSR count). The standard InChI is InChI=1S/C15H6Br2Cl2N2O3S/c16-8-5-6(24-12(8)17)4-7-13(22)20-15(25)21(14(7)23)10-3-1-2-9(18)11(10)19/h1-5H,(H,20,22,25)/b7-4+. The third kappa shape index (κ3) is 3.54. The Balaban J connectivity index is 2.07. The fourth-order valence-electron chi connectivity index (χ4n) is 2.12. The summed E-state index contributed by atoms with van der Waals surface area (Å²) in [5.74, 6) is -0.961. The minimum atomic E-state index is -0.637. The van der Waals surface area contributed by atoms with Crippen LogP contribution in [0.25, 0.3) is 6.08 Å². The number of nitrogens with one attached hydrogen (secondary N) is 1. The number of anilines is 1. The van der Waals surface area contributed by atoms with Crippen LogP contribution in [0, 0.1) is 0 Å². The number of carbonyl (C=O) groups excluding carboxylic acids is 2. The summed E-state index contributed by atoms with van der Waals surface area (Å²) in [7, 11) is 0. The number of rotatable bonds is 2. The zero-order valence-corrected chi connectivity index (χ0v) is 17.5. The van der Waals surface area contributed by atoms with E-state index in [2.05, 4.69) is 37.2 Å². The van der Waals surface area contributed by atoms with Crippen molar-refractivity contribution >= 4 is 96.0 Å². The molecule has 0 spiro atoms. The molecular formula is C15H6Br2Cl2N2O3S. The van der Waals surface area contributed by atoms with Gasteiger partial charge in [0.2, 0.25) is 0 Å². The topological polar surface area (TPSA) is 62.6 Å². The third-order valence-electron chi connectivity index (χ3n) is 3.22. The molecule has 128 valence electrons. The molecule has 1 aliphatic heterocycles. The first kappa shape index (κ1) is 18.6. The van der Waals surface area contributed by atoms with E-state index in [0.29, 0.717) is 14.9 Å². The Morgan fingerprint density at radius 1 is 1.24 bits per heavy atom. The van der Waals surface area contributed by atoms with Gasteiger partial charge in [0.25, 0.3) is 11.8 Å². The fraction of sp³-hybridized carbons (Fsp3) is 0. The molecular weight excluding hydrogens is 519 g/mol. The quantitative estimate of drug-likeness (QED) is 0.343. The van der Waals surface area contributed by atoms with Gasteiger partial charge in [-0.15, -0.1) is 0 Å². The molecule has 0 radical (unpaired) electrons. The molecule has 0 atom stereocenters. The number of furan rings is 1. The molecule has 0 bridgehead atoms. The average Bonchev–Trinajstić information content (AvgIpc) is 2.86. The number of hydrogen-bond acceptors (Lipinski definition) is 4. The first-order valence-corrected chi connectivity index (χ1v) is 9.35. The van der Waals surface area contributed by atoms with E-state index in [9.17, 15) is 9.59 Å². The summed E-state index contributed by atoms with van der Waals surface area (Å²) in [6.45, 7) is 0. The van der Waals surface area contributed by atoms with E-state index in [4.69, 9.17) is 39.8 Å². The zero-order valence-electron chi connectivity index (χ0n) is 12.0. The van der Waals surface area contributed by atoms with Crippen LogP contribution in [-0.2, 0) is 9.59 Å². The van der Waals surface area contributed by atoms with Gasteiger partial charge < -0.3 is 4.42 Å². The van der Waals surface area contributed by atoms with Crippen LogP contribution >= 0.6 is 67.3 Å². The lowest BCUT2D eigenvalue weighted by molar-refractivity contribution is -0.122. The Morgan fingerprint density at radius 2 is 1.96 bits per heavy atom. The highest BCUT2D eigenvalue weighted by atomic mass is 79.9. The van der Waals surface area contributed by atoms with Gasteiger partial charge in [-0.3, -0.25) is 19.8 Å². The van der Waals surface area contributed by atoms with E-state index < -0.39 is 11.8 Å². The molecule has 1 N–H and O–H groups in total. The Morgan fingerprint density at radius 3 is 2.60 bits per heavy atom. The van der Waals surface area contributed by atoms with E-state index in [1.165, 1.54) is 6.08 Å². The van der Waals surface area contributed by atoms with Gasteiger partial charge in [0, 0.05) is 0 Å². The molecule has 10 heteroatoms. The van der Waals surface area contributed by atoms with E-state index in [1.54, 1.807) is 24.3 Å². The van der Waals surface area contributed by atoms with Gasteiger partial charge in [0.05, 0.1) is 20.2 Å². The summed E-state index contributed by atoms with van der Waals surface area (Å²) < 4.78 is 6.47. The number of amides is 2. The Hall–Kier alpha value is -1.19. The highest BCUT2D eigenvalue weighted by Gasteiger charge is 2.36. The van der Waals surface area contributed by atoms with E-state index in [1.807, 2.05) is 0 Å². The molecule has 1 aromatic carbocycles. The van der Waals surface area contributed by atoms with E-state index in [-0.39, 0.29) is 26.4 Å². The molecule has 2 amide bonds. The van der Waals surface area contributed by atoms with Crippen molar-refractivity contribution in [2.24, 2.45) is 0 Å². The molecule has 2 heterocycles. The van der Waals surface area contributed by atoms with Crippen molar-refractivity contribution in [2.75, 3.05) is 4.90 Å². The first-order valence-electron chi connectivity index (χ1n) is 6.60. The van der Waals surface area contributed by atoms with Gasteiger partial charge in [-0.05, 0) is 68.4 Å². The molecule has 0 unspecified atom stereocenters. The number of nitrogens with zero attached hydrogens (tertiary/aromatic N) is 1. The first-order chi connectivity index (χ1) is 11.8. The van der Waals surface area contributed by atoms with E-state index in [0.717, 1.165) is 4.90 Å². The maximum Gasteiger partial charge on any atom is 0.270 e. The van der Waals surface area contributed by atoms with Gasteiger partial charge in [-0.2, -0.15) is 0 Å². The predicted octanol–water partition coefficient (Wildman–Crippen LogP) is 4.94. The maximum absolute atomic E-state index is 12.8. The lowest BCUT2D eigenvalue weighted by atomic mass is 10.1. The smallest absolute Gasteiger partial charge is 0.270 e. The van der Waals surface area contributed by atoms with Crippen LogP contribution in [0.3, 0.4) is 0 Å². The van der Waals surface area contributed by atoms with Gasteiger partial charge in [-0.25, -0.2) is 0 Å². The molecule has 5 nitrogen and oxygen atoms in total. The van der Waals surface area contributed by atoms with Gasteiger partial charge in [0.1, 0.15) is 11.3 Å². The van der Waals surface area contributed by atoms with Crippen LogP contribution in [0.15, 0.2) is 43.4 Å². The Labute approximate surface area is 174 Å². The van der Waals surface area contributed by atoms with Gasteiger partial charge in [-0.1, -0.05) is 29.3 Å². The second-order valence-electron chi connectivity index (χ2n) is 4.80. The van der Waals surface area contributed by atoms with Crippen molar-refractivity contribution in [3.63, 3.8) is 0 Å². The van der Waals surface area contributed by atoms with E-state index >= 15 is 0 Å². The van der Waals surface area contributed by atoms with Crippen molar-refractivity contribution < 1.29 is 14.0 Å². The van der Waals surface area contributed by atoms with Crippen LogP contribution in [-0.4, -0.2) is 16.9 Å². The molecule has 1 aliphatic rings. The number of thiocarbonyl (C=S) groups is 1. The fourth-order valence-corrected chi connectivity index (χ4v) is 3.38. The minimum absolute atomic E-state index is 0.0851. The molecule has 0 saturated carbocycles. The predicted molar refractivity (Wildman–Crippen MR) is 107 cm³/mol. The van der Waals surface area contributed by atoms with Crippen LogP contribution in [0.1, 0.15) is 5.76 Å². The Kier molecular flexibility index (Phi) is 5.36. The second-order valence-corrected chi connectivity index (χ2v) is 7.55. The molecule has 0 aliphatic carbocycles. The summed E-state index contributed by atoms with van der Waals surface area (Å²) in [5.41, 5.74) is 0.121. The second kappa shape index (κ2) is 7.20. The average molecular weight is 525 g/mol. The largest absolute Gasteiger partial charge is 0.449 e. The van der Waals surface area contributed by atoms with Crippen LogP contribution in [0.2, 0.25) is 10.0 Å². The number of carbonyl (C=O) groups is 2. The van der Waals surface area contributed by atoms with Crippen molar-refractivity contribution in [1.29, 1.82) is 0 Å². The van der Waals surface area contributed by atoms with Crippen LogP contribution < -0.4 is 10.2 Å². The van der Waals surface area contributed by atoms with Crippen LogP contribution in [0.5, 0.6) is 0 Å². The highest BCUT2D eigenvalue weighted by molar-refractivity contribution is 9.13. The molecule has 1 fully saturated rings. The summed E-state index contributed by atoms with van der Waals surface area (Å²) >= 11 is 23.8. The SMILES string of the molecule is O=C1NC(=S)N(c2cccc(Cl)c2Cl)C(=O)/C1=C/c1cc(Br)c(Br)o1. The number of benzene rings is 1. The number of hydrogen-bond donors (Lipinski definition) is 1. The zero-order chi connectivity index (χ0) is 18.3. The third-order valence-corrected chi connectivity index (χ3v) is 6.03. The minimum Gasteiger partial charge on any atom is -0.449 e. The van der Waals surface area contributed by atoms with Gasteiger partial charge >= 0.3 is 0 Å². The number of halogens is 4. The van der Waals surface area contributed by atoms with Crippen molar-refractivity contribution in [3.05, 3.63) is 54.8 Å². The molecule has 1 saturated heterocycles. The highest BCUT2D eigenvalue weighted by Crippen LogP contribution is 2.35. The lowest BCUT2D eigenvalue weighted by Gasteiger charge is -2.29. The van der Waals surface area contributed by atoms with Crippen molar-refractivity contribution in [3.8, 4) is 0 Å². The summed E-state index contributed by atoms with van der Waals surface area (Å²) in [5, 5.41) is 2.79. The van der Waals surface area contributed by atoms with Crippen LogP contribution in [0.4, 0.5) is 5.69 Å². The molecule has 2 aromatic rings. The molecule has 1 aromatic heterocycles. The summed E-state index contributed by atoms with van der Waals surface area (Å²) in [6.07, 6.45) is 1.32. The monoisotopic (exact) mass is 522 g/mol. The lowest BCUT2D eigenvalue weighted by Crippen LogP contribution is -2.54. The molecule has 25 heavy (non-hydrogen) atoms. The Bertz CT molecular complexity index is 939. The van der Waals surface area contributed by atoms with Crippen molar-refractivity contribution in [2.45, 2.75) is 0 Å². The maximum atomic E-state index is 12.8.